The Balaban J connectivity index is 1.54. The van der Waals surface area contributed by atoms with Crippen LogP contribution in [-0.4, -0.2) is 39.0 Å². The predicted molar refractivity (Wildman–Crippen MR) is 117 cm³/mol. The molecule has 0 bridgehead atoms. The average molecular weight is 421 g/mol. The van der Waals surface area contributed by atoms with Crippen LogP contribution in [0, 0.1) is 5.82 Å². The third kappa shape index (κ3) is 4.82. The van der Waals surface area contributed by atoms with Crippen LogP contribution in [0.25, 0.3) is 16.9 Å². The Bertz CT molecular complexity index is 1160. The molecule has 4 N–H and O–H groups in total. The van der Waals surface area contributed by atoms with Crippen LogP contribution in [0.5, 0.6) is 5.75 Å². The molecular weight excluding hydrogens is 397 g/mol. The predicted octanol–water partition coefficient (Wildman–Crippen LogP) is 3.41. The molecule has 2 aromatic carbocycles. The van der Waals surface area contributed by atoms with Crippen LogP contribution >= 0.6 is 0 Å². The van der Waals surface area contributed by atoms with E-state index in [0.29, 0.717) is 17.2 Å². The Hall–Kier alpha value is -3.49. The fourth-order valence-corrected chi connectivity index (χ4v) is 3.21. The first-order valence-corrected chi connectivity index (χ1v) is 10.00. The topological polar surface area (TPSA) is 97.7 Å². The van der Waals surface area contributed by atoms with Crippen LogP contribution < -0.4 is 15.8 Å². The van der Waals surface area contributed by atoms with E-state index in [0.717, 1.165) is 16.8 Å². The van der Waals surface area contributed by atoms with E-state index in [-0.39, 0.29) is 25.1 Å². The van der Waals surface area contributed by atoms with Crippen molar-refractivity contribution >= 4 is 11.5 Å². The summed E-state index contributed by atoms with van der Waals surface area (Å²) in [4.78, 5) is 4.43. The fourth-order valence-electron chi connectivity index (χ4n) is 3.21. The lowest BCUT2D eigenvalue weighted by Gasteiger charge is -2.15. The first-order chi connectivity index (χ1) is 15.0. The van der Waals surface area contributed by atoms with Crippen molar-refractivity contribution < 1.29 is 14.2 Å². The molecule has 4 aromatic rings. The minimum atomic E-state index is -0.414. The van der Waals surface area contributed by atoms with Crippen molar-refractivity contribution in [3.05, 3.63) is 78.2 Å². The molecule has 7 nitrogen and oxygen atoms in total. The molecular formula is C23H24FN5O2. The first kappa shape index (κ1) is 20.8. The molecule has 0 radical (unpaired) electrons. The van der Waals surface area contributed by atoms with E-state index in [1.807, 2.05) is 49.4 Å². The number of nitrogens with zero attached hydrogens (tertiary/aromatic N) is 3. The van der Waals surface area contributed by atoms with E-state index in [4.69, 9.17) is 15.6 Å². The van der Waals surface area contributed by atoms with E-state index in [1.54, 1.807) is 16.8 Å². The van der Waals surface area contributed by atoms with Gasteiger partial charge in [0.1, 0.15) is 24.0 Å². The molecule has 2 atom stereocenters. The lowest BCUT2D eigenvalue weighted by Crippen LogP contribution is -2.31. The van der Waals surface area contributed by atoms with Crippen molar-refractivity contribution in [2.24, 2.45) is 5.73 Å². The molecule has 2 heterocycles. The Labute approximate surface area is 179 Å². The number of nitrogens with one attached hydrogen (secondary N) is 1. The number of aliphatic hydroxyl groups is 1. The normalized spacial score (nSPS) is 13.2. The second-order valence-electron chi connectivity index (χ2n) is 7.33. The molecule has 0 saturated carbocycles. The molecule has 0 aliphatic heterocycles. The Kier molecular flexibility index (Phi) is 6.11. The molecule has 0 saturated heterocycles. The maximum Gasteiger partial charge on any atom is 0.154 e. The summed E-state index contributed by atoms with van der Waals surface area (Å²) in [5, 5.41) is 17.0. The average Bonchev–Trinajstić information content (AvgIpc) is 3.21. The number of rotatable bonds is 8. The van der Waals surface area contributed by atoms with Crippen LogP contribution in [0.2, 0.25) is 0 Å². The molecule has 0 amide bonds. The van der Waals surface area contributed by atoms with Gasteiger partial charge in [-0.25, -0.2) is 13.9 Å². The molecule has 0 aliphatic rings. The summed E-state index contributed by atoms with van der Waals surface area (Å²) in [5.74, 6) is 1.05. The molecule has 0 unspecified atom stereocenters. The number of imidazole rings is 1. The molecule has 2 aromatic heterocycles. The van der Waals surface area contributed by atoms with Crippen molar-refractivity contribution in [1.29, 1.82) is 0 Å². The third-order valence-electron chi connectivity index (χ3n) is 4.92. The van der Waals surface area contributed by atoms with Gasteiger partial charge in [-0.3, -0.25) is 0 Å². The second-order valence-corrected chi connectivity index (χ2v) is 7.33. The van der Waals surface area contributed by atoms with Gasteiger partial charge in [0.25, 0.3) is 0 Å². The number of anilines is 1. The van der Waals surface area contributed by atoms with Crippen LogP contribution in [0.1, 0.15) is 18.5 Å². The van der Waals surface area contributed by atoms with Crippen molar-refractivity contribution in [2.45, 2.75) is 19.0 Å². The van der Waals surface area contributed by atoms with Gasteiger partial charge in [0, 0.05) is 5.56 Å². The van der Waals surface area contributed by atoms with Crippen LogP contribution in [0.15, 0.2) is 66.9 Å². The largest absolute Gasteiger partial charge is 0.492 e. The highest BCUT2D eigenvalue weighted by molar-refractivity contribution is 5.64. The Morgan fingerprint density at radius 1 is 1.16 bits per heavy atom. The molecule has 160 valence electrons. The molecule has 4 rings (SSSR count). The van der Waals surface area contributed by atoms with Gasteiger partial charge >= 0.3 is 0 Å². The number of hydrogen-bond donors (Lipinski definition) is 3. The van der Waals surface area contributed by atoms with Gasteiger partial charge in [-0.1, -0.05) is 12.1 Å². The summed E-state index contributed by atoms with van der Waals surface area (Å²) in [5.41, 5.74) is 8.97. The van der Waals surface area contributed by atoms with Crippen molar-refractivity contribution in [3.8, 4) is 17.0 Å². The van der Waals surface area contributed by atoms with E-state index >= 15 is 0 Å². The van der Waals surface area contributed by atoms with Crippen LogP contribution in [0.4, 0.5) is 10.2 Å². The van der Waals surface area contributed by atoms with Gasteiger partial charge < -0.3 is 20.9 Å². The summed E-state index contributed by atoms with van der Waals surface area (Å²) in [6, 6.07) is 17.2. The number of aromatic nitrogens is 3. The maximum atomic E-state index is 13.5. The number of fused-ring (bicyclic) bond motifs is 1. The zero-order valence-corrected chi connectivity index (χ0v) is 17.1. The number of benzene rings is 2. The number of ether oxygens (including phenoxy) is 1. The summed E-state index contributed by atoms with van der Waals surface area (Å²) in [6.07, 6.45) is 1.76. The minimum absolute atomic E-state index is 0.116. The zero-order valence-electron chi connectivity index (χ0n) is 17.1. The molecule has 0 fully saturated rings. The van der Waals surface area contributed by atoms with Crippen molar-refractivity contribution in [2.75, 3.05) is 18.5 Å². The minimum Gasteiger partial charge on any atom is -0.492 e. The molecule has 0 aliphatic carbocycles. The smallest absolute Gasteiger partial charge is 0.154 e. The lowest BCUT2D eigenvalue weighted by molar-refractivity contribution is 0.206. The fraction of sp³-hybridized carbons (Fsp3) is 0.217. The summed E-state index contributed by atoms with van der Waals surface area (Å²) < 4.78 is 20.9. The standard InChI is InChI=1S/C23H24FN5O2/c1-15(17-3-2-4-18(24)11-17)27-22-9-10-23-26-12-21(29(23)28-22)16-5-7-20(8-6-16)31-14-19(25)13-30/h2-12,15,19,30H,13-14,25H2,1H3,(H,27,28)/t15-,19-/m1/s1. The Morgan fingerprint density at radius 2 is 1.97 bits per heavy atom. The first-order valence-electron chi connectivity index (χ1n) is 10.00. The molecule has 8 heteroatoms. The van der Waals surface area contributed by atoms with E-state index < -0.39 is 6.04 Å². The summed E-state index contributed by atoms with van der Waals surface area (Å²) in [6.45, 7) is 2.07. The summed E-state index contributed by atoms with van der Waals surface area (Å²) in [7, 11) is 0. The highest BCUT2D eigenvalue weighted by Gasteiger charge is 2.11. The third-order valence-corrected chi connectivity index (χ3v) is 4.92. The van der Waals surface area contributed by atoms with Crippen molar-refractivity contribution in [3.63, 3.8) is 0 Å². The molecule has 0 spiro atoms. The van der Waals surface area contributed by atoms with Gasteiger partial charge in [0.15, 0.2) is 5.65 Å². The quantitative estimate of drug-likeness (QED) is 0.403. The van der Waals surface area contributed by atoms with Gasteiger partial charge in [0.2, 0.25) is 0 Å². The van der Waals surface area contributed by atoms with Gasteiger partial charge in [-0.2, -0.15) is 0 Å². The van der Waals surface area contributed by atoms with E-state index in [1.165, 1.54) is 12.1 Å². The SMILES string of the molecule is C[C@@H](Nc1ccc2ncc(-c3ccc(OC[C@H](N)CO)cc3)n2n1)c1cccc(F)c1. The van der Waals surface area contributed by atoms with Gasteiger partial charge in [-0.15, -0.1) is 5.10 Å². The second kappa shape index (κ2) is 9.11. The van der Waals surface area contributed by atoms with E-state index in [9.17, 15) is 4.39 Å². The van der Waals surface area contributed by atoms with Gasteiger partial charge in [-0.05, 0) is 61.0 Å². The number of nitrogens with two attached hydrogens (primary N) is 1. The summed E-state index contributed by atoms with van der Waals surface area (Å²) >= 11 is 0. The van der Waals surface area contributed by atoms with Gasteiger partial charge in [0.05, 0.1) is 30.6 Å². The maximum absolute atomic E-state index is 13.5. The number of aliphatic hydroxyl groups excluding tert-OH is 1. The van der Waals surface area contributed by atoms with E-state index in [2.05, 4.69) is 15.4 Å². The Morgan fingerprint density at radius 3 is 2.71 bits per heavy atom. The zero-order chi connectivity index (χ0) is 21.8. The van der Waals surface area contributed by atoms with Crippen LogP contribution in [-0.2, 0) is 0 Å². The number of hydrogen-bond acceptors (Lipinski definition) is 6. The monoisotopic (exact) mass is 421 g/mol. The molecule has 31 heavy (non-hydrogen) atoms. The van der Waals surface area contributed by atoms with Crippen molar-refractivity contribution in [1.82, 2.24) is 14.6 Å². The number of halogens is 1. The van der Waals surface area contributed by atoms with Crippen LogP contribution in [0.3, 0.4) is 0 Å². The lowest BCUT2D eigenvalue weighted by atomic mass is 10.1. The highest BCUT2D eigenvalue weighted by atomic mass is 19.1. The highest BCUT2D eigenvalue weighted by Crippen LogP contribution is 2.25.